The normalized spacial score (nSPS) is 17.9. The lowest BCUT2D eigenvalue weighted by Gasteiger charge is -2.15. The minimum Gasteiger partial charge on any atom is -0.307 e. The summed E-state index contributed by atoms with van der Waals surface area (Å²) in [6.45, 7) is 2.29. The molecule has 0 radical (unpaired) electrons. The van der Waals surface area contributed by atoms with E-state index in [2.05, 4.69) is 22.2 Å². The van der Waals surface area contributed by atoms with Crippen molar-refractivity contribution in [3.05, 3.63) is 34.6 Å². The lowest BCUT2D eigenvalue weighted by molar-refractivity contribution is 0.502. The summed E-state index contributed by atoms with van der Waals surface area (Å²) in [5, 5.41) is 4.95. The van der Waals surface area contributed by atoms with Crippen LogP contribution in [0.15, 0.2) is 18.2 Å². The molecule has 3 nitrogen and oxygen atoms in total. The lowest BCUT2D eigenvalue weighted by atomic mass is 9.93. The first kappa shape index (κ1) is 13.2. The van der Waals surface area contributed by atoms with Crippen molar-refractivity contribution < 1.29 is 4.39 Å². The fourth-order valence-electron chi connectivity index (χ4n) is 2.64. The first-order chi connectivity index (χ1) is 10.2. The van der Waals surface area contributed by atoms with Crippen molar-refractivity contribution in [3.8, 4) is 0 Å². The maximum absolute atomic E-state index is 13.2. The highest BCUT2D eigenvalue weighted by Crippen LogP contribution is 2.35. The fourth-order valence-corrected chi connectivity index (χ4v) is 4.76. The molecule has 1 N–H and O–H groups in total. The van der Waals surface area contributed by atoms with Gasteiger partial charge in [-0.05, 0) is 43.4 Å². The van der Waals surface area contributed by atoms with E-state index in [4.69, 9.17) is 0 Å². The lowest BCUT2D eigenvalue weighted by Crippen LogP contribution is -2.09. The Hall–Kier alpha value is -1.53. The van der Waals surface area contributed by atoms with Gasteiger partial charge in [0.15, 0.2) is 10.3 Å². The zero-order valence-corrected chi connectivity index (χ0v) is 13.2. The van der Waals surface area contributed by atoms with Gasteiger partial charge in [-0.2, -0.15) is 0 Å². The molecule has 0 saturated carbocycles. The van der Waals surface area contributed by atoms with E-state index in [1.165, 1.54) is 40.5 Å². The van der Waals surface area contributed by atoms with Gasteiger partial charge in [-0.25, -0.2) is 14.4 Å². The number of aryl methyl sites for hydroxylation is 1. The van der Waals surface area contributed by atoms with E-state index in [0.29, 0.717) is 0 Å². The van der Waals surface area contributed by atoms with Crippen LogP contribution >= 0.6 is 22.7 Å². The van der Waals surface area contributed by atoms with Crippen LogP contribution in [0.3, 0.4) is 0 Å². The molecular formula is C15H14FN3S2. The number of nitrogens with zero attached hydrogens (tertiary/aromatic N) is 2. The number of aromatic nitrogens is 2. The number of hydrogen-bond donors (Lipinski definition) is 1. The van der Waals surface area contributed by atoms with Gasteiger partial charge in [0.25, 0.3) is 0 Å². The van der Waals surface area contributed by atoms with Crippen LogP contribution in [0.1, 0.15) is 23.9 Å². The predicted octanol–water partition coefficient (Wildman–Crippen LogP) is 4.76. The summed E-state index contributed by atoms with van der Waals surface area (Å²) in [6.07, 6.45) is 3.41. The molecule has 1 atom stereocenters. The van der Waals surface area contributed by atoms with E-state index in [0.717, 1.165) is 39.2 Å². The van der Waals surface area contributed by atoms with E-state index in [1.807, 2.05) is 0 Å². The number of fused-ring (bicyclic) bond motifs is 2. The van der Waals surface area contributed by atoms with Gasteiger partial charge in [-0.3, -0.25) is 0 Å². The summed E-state index contributed by atoms with van der Waals surface area (Å²) in [6, 6.07) is 4.67. The summed E-state index contributed by atoms with van der Waals surface area (Å²) in [5.41, 5.74) is 2.05. The highest BCUT2D eigenvalue weighted by Gasteiger charge is 2.20. The topological polar surface area (TPSA) is 37.8 Å². The summed E-state index contributed by atoms with van der Waals surface area (Å²) in [4.78, 5) is 10.5. The van der Waals surface area contributed by atoms with E-state index >= 15 is 0 Å². The number of thiazole rings is 2. The predicted molar refractivity (Wildman–Crippen MR) is 86.2 cm³/mol. The van der Waals surface area contributed by atoms with Crippen LogP contribution in [0, 0.1) is 11.7 Å². The van der Waals surface area contributed by atoms with Gasteiger partial charge in [0, 0.05) is 4.88 Å². The SMILES string of the molecule is C[C@H]1CCc2nc(Nc3nc4ccc(F)cc4s3)sc2C1. The van der Waals surface area contributed by atoms with Gasteiger partial charge in [0.05, 0.1) is 15.9 Å². The largest absolute Gasteiger partial charge is 0.307 e. The number of nitrogens with one attached hydrogen (secondary N) is 1. The van der Waals surface area contributed by atoms with Gasteiger partial charge in [0.1, 0.15) is 5.82 Å². The molecule has 4 rings (SSSR count). The van der Waals surface area contributed by atoms with Crippen LogP contribution < -0.4 is 5.32 Å². The minimum atomic E-state index is -0.226. The third kappa shape index (κ3) is 2.53. The molecule has 0 aliphatic heterocycles. The Morgan fingerprint density at radius 1 is 1.24 bits per heavy atom. The molecule has 0 amide bonds. The van der Waals surface area contributed by atoms with E-state index in [1.54, 1.807) is 17.4 Å². The molecule has 3 aromatic rings. The van der Waals surface area contributed by atoms with Crippen LogP contribution in [-0.2, 0) is 12.8 Å². The van der Waals surface area contributed by atoms with Gasteiger partial charge >= 0.3 is 0 Å². The van der Waals surface area contributed by atoms with Crippen molar-refractivity contribution in [2.45, 2.75) is 26.2 Å². The maximum atomic E-state index is 13.2. The Bertz CT molecular complexity index is 808. The van der Waals surface area contributed by atoms with Crippen molar-refractivity contribution >= 4 is 43.2 Å². The van der Waals surface area contributed by atoms with Gasteiger partial charge < -0.3 is 5.32 Å². The molecule has 21 heavy (non-hydrogen) atoms. The van der Waals surface area contributed by atoms with E-state index in [9.17, 15) is 4.39 Å². The molecule has 2 heterocycles. The van der Waals surface area contributed by atoms with Gasteiger partial charge in [-0.15, -0.1) is 11.3 Å². The van der Waals surface area contributed by atoms with Crippen LogP contribution in [-0.4, -0.2) is 9.97 Å². The number of hydrogen-bond acceptors (Lipinski definition) is 5. The molecule has 2 aromatic heterocycles. The summed E-state index contributed by atoms with van der Waals surface area (Å²) in [7, 11) is 0. The Morgan fingerprint density at radius 3 is 3.00 bits per heavy atom. The molecule has 108 valence electrons. The molecule has 0 bridgehead atoms. The third-order valence-electron chi connectivity index (χ3n) is 3.75. The standard InChI is InChI=1S/C15H14FN3S2/c1-8-2-4-10-12(6-8)20-14(17-10)19-15-18-11-5-3-9(16)7-13(11)21-15/h3,5,7-8H,2,4,6H2,1H3,(H,17,18,19)/t8-/m0/s1. The second-order valence-electron chi connectivity index (χ2n) is 5.49. The quantitative estimate of drug-likeness (QED) is 0.740. The van der Waals surface area contributed by atoms with Crippen molar-refractivity contribution in [2.75, 3.05) is 5.32 Å². The highest BCUT2D eigenvalue weighted by atomic mass is 32.1. The number of halogens is 1. The highest BCUT2D eigenvalue weighted by molar-refractivity contribution is 7.22. The Labute approximate surface area is 129 Å². The maximum Gasteiger partial charge on any atom is 0.190 e. The average Bonchev–Trinajstić information content (AvgIpc) is 3.00. The fraction of sp³-hybridized carbons (Fsp3) is 0.333. The Morgan fingerprint density at radius 2 is 2.10 bits per heavy atom. The van der Waals surface area contributed by atoms with Gasteiger partial charge in [0.2, 0.25) is 0 Å². The van der Waals surface area contributed by atoms with Crippen LogP contribution in [0.5, 0.6) is 0 Å². The summed E-state index contributed by atoms with van der Waals surface area (Å²) >= 11 is 3.17. The monoisotopic (exact) mass is 319 g/mol. The van der Waals surface area contributed by atoms with E-state index in [-0.39, 0.29) is 5.82 Å². The number of benzene rings is 1. The zero-order chi connectivity index (χ0) is 14.4. The summed E-state index contributed by atoms with van der Waals surface area (Å²) < 4.78 is 14.1. The molecule has 1 aliphatic carbocycles. The first-order valence-corrected chi connectivity index (χ1v) is 8.62. The molecule has 0 fully saturated rings. The van der Waals surface area contributed by atoms with Crippen LogP contribution in [0.25, 0.3) is 10.2 Å². The first-order valence-electron chi connectivity index (χ1n) is 6.99. The van der Waals surface area contributed by atoms with Crippen molar-refractivity contribution in [1.29, 1.82) is 0 Å². The van der Waals surface area contributed by atoms with Crippen molar-refractivity contribution in [3.63, 3.8) is 0 Å². The van der Waals surface area contributed by atoms with Crippen LogP contribution in [0.2, 0.25) is 0 Å². The molecule has 1 aliphatic rings. The van der Waals surface area contributed by atoms with E-state index < -0.39 is 0 Å². The van der Waals surface area contributed by atoms with Crippen molar-refractivity contribution in [2.24, 2.45) is 5.92 Å². The number of anilines is 2. The second kappa shape index (κ2) is 5.03. The van der Waals surface area contributed by atoms with Gasteiger partial charge in [-0.1, -0.05) is 18.3 Å². The Balaban J connectivity index is 1.62. The smallest absolute Gasteiger partial charge is 0.190 e. The minimum absolute atomic E-state index is 0.226. The molecule has 0 unspecified atom stereocenters. The third-order valence-corrected chi connectivity index (χ3v) is 5.72. The zero-order valence-electron chi connectivity index (χ0n) is 11.5. The molecular weight excluding hydrogens is 305 g/mol. The number of rotatable bonds is 2. The van der Waals surface area contributed by atoms with Crippen LogP contribution in [0.4, 0.5) is 14.7 Å². The summed E-state index contributed by atoms with van der Waals surface area (Å²) in [5.74, 6) is 0.521. The average molecular weight is 319 g/mol. The molecule has 0 spiro atoms. The molecule has 1 aromatic carbocycles. The molecule has 0 saturated heterocycles. The molecule has 6 heteroatoms. The Kier molecular flexibility index (Phi) is 3.15. The second-order valence-corrected chi connectivity index (χ2v) is 7.61. The van der Waals surface area contributed by atoms with Crippen molar-refractivity contribution in [1.82, 2.24) is 9.97 Å².